The van der Waals surface area contributed by atoms with E-state index in [0.29, 0.717) is 18.0 Å². The number of ketones is 1. The average molecular weight is 573 g/mol. The summed E-state index contributed by atoms with van der Waals surface area (Å²) < 4.78 is 13.3. The van der Waals surface area contributed by atoms with E-state index in [4.69, 9.17) is 0 Å². The van der Waals surface area contributed by atoms with Crippen LogP contribution in [-0.2, 0) is 11.3 Å². The Balaban J connectivity index is 1.28. The van der Waals surface area contributed by atoms with Gasteiger partial charge < -0.3 is 15.7 Å². The summed E-state index contributed by atoms with van der Waals surface area (Å²) in [7, 11) is 0. The Morgan fingerprint density at radius 2 is 1.67 bits per heavy atom. The first-order valence-electron chi connectivity index (χ1n) is 15.5. The van der Waals surface area contributed by atoms with Gasteiger partial charge in [0.2, 0.25) is 5.78 Å². The number of benzene rings is 1. The number of carbonyl (C=O) groups excluding carboxylic acids is 2. The molecule has 5 nitrogen and oxygen atoms in total. The maximum absolute atomic E-state index is 13.3. The van der Waals surface area contributed by atoms with Crippen LogP contribution in [0.15, 0.2) is 70.5 Å². The molecular weight excluding hydrogens is 527 g/mol. The topological polar surface area (TPSA) is 78.4 Å². The molecule has 1 aromatic carbocycles. The van der Waals surface area contributed by atoms with E-state index in [1.807, 2.05) is 6.92 Å². The summed E-state index contributed by atoms with van der Waals surface area (Å²) in [6.07, 6.45) is 13.3. The number of fused-ring (bicyclic) bond motifs is 7. The number of rotatable bonds is 3. The maximum atomic E-state index is 13.3. The molecule has 0 aromatic heterocycles. The quantitative estimate of drug-likeness (QED) is 0.343. The summed E-state index contributed by atoms with van der Waals surface area (Å²) >= 11 is 0. The number of aliphatic hydroxyl groups excluding tert-OH is 1. The van der Waals surface area contributed by atoms with E-state index in [1.165, 1.54) is 17.7 Å². The number of hydrogen-bond donors (Lipinski definition) is 3. The second kappa shape index (κ2) is 9.42. The minimum atomic E-state index is -0.329. The van der Waals surface area contributed by atoms with Crippen LogP contribution in [0.25, 0.3) is 0 Å². The number of halogens is 1. The monoisotopic (exact) mass is 572 g/mol. The molecule has 42 heavy (non-hydrogen) atoms. The largest absolute Gasteiger partial charge is 0.504 e. The molecule has 2 amide bonds. The highest BCUT2D eigenvalue weighted by Crippen LogP contribution is 2.75. The van der Waals surface area contributed by atoms with Gasteiger partial charge in [-0.25, -0.2) is 9.18 Å². The second-order valence-electron chi connectivity index (χ2n) is 15.0. The zero-order valence-corrected chi connectivity index (χ0v) is 25.9. The van der Waals surface area contributed by atoms with Gasteiger partial charge in [0.25, 0.3) is 0 Å². The van der Waals surface area contributed by atoms with Crippen molar-refractivity contribution in [3.05, 3.63) is 81.9 Å². The highest BCUT2D eigenvalue weighted by atomic mass is 19.1. The Kier molecular flexibility index (Phi) is 6.49. The van der Waals surface area contributed by atoms with Gasteiger partial charge in [0.15, 0.2) is 5.76 Å². The van der Waals surface area contributed by atoms with Gasteiger partial charge in [-0.2, -0.15) is 0 Å². The van der Waals surface area contributed by atoms with E-state index in [-0.39, 0.29) is 50.6 Å². The van der Waals surface area contributed by atoms with Crippen LogP contribution in [0.2, 0.25) is 0 Å². The summed E-state index contributed by atoms with van der Waals surface area (Å²) in [5.74, 6) is -0.291. The fraction of sp³-hybridized carbons (Fsp3) is 0.556. The molecule has 5 aliphatic carbocycles. The van der Waals surface area contributed by atoms with Gasteiger partial charge in [-0.3, -0.25) is 4.79 Å². The summed E-state index contributed by atoms with van der Waals surface area (Å²) in [5, 5.41) is 16.7. The van der Waals surface area contributed by atoms with E-state index in [1.54, 1.807) is 18.2 Å². The molecule has 0 unspecified atom stereocenters. The standard InChI is InChI=1S/C36H45FN2O3/c1-22-25-11-12-28-34(4,26(25)19-27(40)30(22)41)16-18-36(6)29-20-33(3,15-13-32(29,2)14-17-35(28,36)5)39-31(42)38-21-23-7-9-24(37)10-8-23/h7-12,19,29,41H,13-18,20-21H2,1-6H3,(H2,38,39,42)/t29-,32-,33-,34+,35-,36+/m1/s1. The van der Waals surface area contributed by atoms with Crippen LogP contribution in [0.1, 0.15) is 92.1 Å². The van der Waals surface area contributed by atoms with Crippen molar-refractivity contribution in [2.75, 3.05) is 0 Å². The van der Waals surface area contributed by atoms with Crippen LogP contribution in [0.3, 0.4) is 0 Å². The van der Waals surface area contributed by atoms with E-state index < -0.39 is 0 Å². The molecule has 0 spiro atoms. The lowest BCUT2D eigenvalue weighted by molar-refractivity contribution is -0.152. The van der Waals surface area contributed by atoms with Gasteiger partial charge in [-0.15, -0.1) is 0 Å². The molecule has 0 bridgehead atoms. The van der Waals surface area contributed by atoms with E-state index in [2.05, 4.69) is 57.4 Å². The lowest BCUT2D eigenvalue weighted by Crippen LogP contribution is -2.64. The van der Waals surface area contributed by atoms with Gasteiger partial charge in [-0.1, -0.05) is 57.6 Å². The number of allylic oxidation sites excluding steroid dienone is 7. The molecule has 6 rings (SSSR count). The molecule has 224 valence electrons. The van der Waals surface area contributed by atoms with Crippen LogP contribution in [0, 0.1) is 33.4 Å². The van der Waals surface area contributed by atoms with Crippen molar-refractivity contribution < 1.29 is 19.1 Å². The second-order valence-corrected chi connectivity index (χ2v) is 15.0. The summed E-state index contributed by atoms with van der Waals surface area (Å²) in [4.78, 5) is 25.8. The highest BCUT2D eigenvalue weighted by Gasteiger charge is 2.66. The average Bonchev–Trinajstić information content (AvgIpc) is 2.94. The fourth-order valence-corrected chi connectivity index (χ4v) is 9.67. The van der Waals surface area contributed by atoms with Gasteiger partial charge in [-0.05, 0) is 116 Å². The van der Waals surface area contributed by atoms with Crippen molar-refractivity contribution >= 4 is 11.8 Å². The molecule has 0 heterocycles. The molecule has 3 N–H and O–H groups in total. The van der Waals surface area contributed by atoms with Gasteiger partial charge in [0.05, 0.1) is 0 Å². The molecule has 3 fully saturated rings. The molecule has 0 radical (unpaired) electrons. The van der Waals surface area contributed by atoms with E-state index >= 15 is 0 Å². The fourth-order valence-electron chi connectivity index (χ4n) is 9.67. The number of amides is 2. The molecule has 6 atom stereocenters. The lowest BCUT2D eigenvalue weighted by atomic mass is 9.35. The van der Waals surface area contributed by atoms with Crippen LogP contribution in [0.5, 0.6) is 0 Å². The molecule has 6 heteroatoms. The summed E-state index contributed by atoms with van der Waals surface area (Å²) in [5.41, 5.74) is 4.60. The van der Waals surface area contributed by atoms with Crippen molar-refractivity contribution in [2.45, 2.75) is 98.6 Å². The molecule has 3 saturated carbocycles. The normalized spacial score (nSPS) is 39.1. The predicted molar refractivity (Wildman–Crippen MR) is 163 cm³/mol. The lowest BCUT2D eigenvalue weighted by Gasteiger charge is -2.70. The van der Waals surface area contributed by atoms with Crippen molar-refractivity contribution in [1.29, 1.82) is 0 Å². The van der Waals surface area contributed by atoms with Crippen LogP contribution < -0.4 is 10.6 Å². The van der Waals surface area contributed by atoms with Crippen LogP contribution >= 0.6 is 0 Å². The number of aliphatic hydroxyl groups is 1. The first-order chi connectivity index (χ1) is 19.6. The molecule has 1 aromatic rings. The number of hydrogen-bond acceptors (Lipinski definition) is 3. The number of urea groups is 1. The Hall–Kier alpha value is -3.15. The Bertz CT molecular complexity index is 1490. The number of nitrogens with one attached hydrogen (secondary N) is 2. The van der Waals surface area contributed by atoms with Crippen LogP contribution in [0.4, 0.5) is 9.18 Å². The van der Waals surface area contributed by atoms with Crippen molar-refractivity contribution in [1.82, 2.24) is 10.6 Å². The summed E-state index contributed by atoms with van der Waals surface area (Å²) in [6.45, 7) is 14.1. The zero-order valence-electron chi connectivity index (χ0n) is 25.9. The predicted octanol–water partition coefficient (Wildman–Crippen LogP) is 8.00. The third-order valence-corrected chi connectivity index (χ3v) is 12.7. The Labute approximate surface area is 249 Å². The third kappa shape index (κ3) is 4.15. The molecule has 0 aliphatic heterocycles. The van der Waals surface area contributed by atoms with Gasteiger partial charge in [0, 0.05) is 23.1 Å². The SMILES string of the molecule is CC1=C(O)C(=O)C=C2C1=CC=C1[C@@]2(C)CC[C@@]2(C)[C@@H]3C[C@](C)(NC(=O)NCc4ccc(F)cc4)CC[C@]3(C)CC[C@]12C. The molecule has 0 saturated heterocycles. The van der Waals surface area contributed by atoms with E-state index in [0.717, 1.165) is 61.7 Å². The zero-order chi connectivity index (χ0) is 30.3. The van der Waals surface area contributed by atoms with Crippen molar-refractivity contribution in [3.8, 4) is 0 Å². The first kappa shape index (κ1) is 28.9. The molecular formula is C36H45FN2O3. The van der Waals surface area contributed by atoms with Crippen molar-refractivity contribution in [2.24, 2.45) is 27.6 Å². The highest BCUT2D eigenvalue weighted by molar-refractivity contribution is 6.06. The first-order valence-corrected chi connectivity index (χ1v) is 15.5. The van der Waals surface area contributed by atoms with Gasteiger partial charge >= 0.3 is 6.03 Å². The maximum Gasteiger partial charge on any atom is 0.315 e. The molecule has 5 aliphatic rings. The van der Waals surface area contributed by atoms with Crippen LogP contribution in [-0.4, -0.2) is 22.5 Å². The Morgan fingerprint density at radius 1 is 0.976 bits per heavy atom. The van der Waals surface area contributed by atoms with E-state index in [9.17, 15) is 19.1 Å². The Morgan fingerprint density at radius 3 is 2.38 bits per heavy atom. The number of carbonyl (C=O) groups is 2. The minimum absolute atomic E-state index is 0.0247. The summed E-state index contributed by atoms with van der Waals surface area (Å²) in [6, 6.07) is 6.04. The smallest absolute Gasteiger partial charge is 0.315 e. The van der Waals surface area contributed by atoms with Crippen molar-refractivity contribution in [3.63, 3.8) is 0 Å². The minimum Gasteiger partial charge on any atom is -0.504 e. The van der Waals surface area contributed by atoms with Gasteiger partial charge in [0.1, 0.15) is 5.82 Å². The third-order valence-electron chi connectivity index (χ3n) is 12.7.